The lowest BCUT2D eigenvalue weighted by Crippen LogP contribution is -2.16. The third-order valence-corrected chi connectivity index (χ3v) is 11.6. The second kappa shape index (κ2) is 12.9. The molecule has 55 heavy (non-hydrogen) atoms. The quantitative estimate of drug-likeness (QED) is 0.160. The van der Waals surface area contributed by atoms with E-state index in [0.29, 0.717) is 0 Å². The Morgan fingerprint density at radius 3 is 1.82 bits per heavy atom. The van der Waals surface area contributed by atoms with Gasteiger partial charge in [0.05, 0.1) is 11.0 Å². The summed E-state index contributed by atoms with van der Waals surface area (Å²) in [7, 11) is 0. The Balaban J connectivity index is 1.07. The van der Waals surface area contributed by atoms with Gasteiger partial charge >= 0.3 is 0 Å². The molecule has 0 radical (unpaired) electrons. The molecule has 0 atom stereocenters. The van der Waals surface area contributed by atoms with E-state index in [1.807, 2.05) is 6.08 Å². The summed E-state index contributed by atoms with van der Waals surface area (Å²) in [5.74, 6) is 0. The number of nitrogens with zero attached hydrogens (tertiary/aromatic N) is 2. The van der Waals surface area contributed by atoms with Crippen LogP contribution >= 0.6 is 0 Å². The highest BCUT2D eigenvalue weighted by atomic mass is 15.1. The smallest absolute Gasteiger partial charge is 0.0541 e. The van der Waals surface area contributed by atoms with Crippen molar-refractivity contribution in [2.75, 3.05) is 4.90 Å². The first-order chi connectivity index (χ1) is 27.0. The summed E-state index contributed by atoms with van der Waals surface area (Å²) in [5, 5.41) is 2.48. The van der Waals surface area contributed by atoms with Gasteiger partial charge in [0, 0.05) is 38.9 Å². The normalized spacial score (nSPS) is 12.8. The predicted molar refractivity (Wildman–Crippen MR) is 234 cm³/mol. The zero-order valence-electron chi connectivity index (χ0n) is 31.1. The fraction of sp³-hybridized carbons (Fsp3) is 0.0566. The van der Waals surface area contributed by atoms with Crippen molar-refractivity contribution in [2.45, 2.75) is 19.3 Å². The maximum Gasteiger partial charge on any atom is 0.0541 e. The molecule has 10 rings (SSSR count). The monoisotopic (exact) mass is 704 g/mol. The molecule has 0 aliphatic heterocycles. The Morgan fingerprint density at radius 1 is 0.455 bits per heavy atom. The Bertz CT molecular complexity index is 2890. The highest BCUT2D eigenvalue weighted by Crippen LogP contribution is 2.50. The summed E-state index contributed by atoms with van der Waals surface area (Å²) in [4.78, 5) is 2.39. The molecule has 0 spiro atoms. The molecule has 0 bridgehead atoms. The molecule has 0 saturated carbocycles. The van der Waals surface area contributed by atoms with Crippen LogP contribution < -0.4 is 4.90 Å². The molecule has 0 unspecified atom stereocenters. The second-order valence-electron chi connectivity index (χ2n) is 15.1. The minimum absolute atomic E-state index is 0.0924. The largest absolute Gasteiger partial charge is 0.310 e. The molecule has 0 N–H and O–H groups in total. The Morgan fingerprint density at radius 2 is 1.05 bits per heavy atom. The van der Waals surface area contributed by atoms with Gasteiger partial charge in [0.25, 0.3) is 0 Å². The second-order valence-corrected chi connectivity index (χ2v) is 15.1. The number of aromatic nitrogens is 1. The van der Waals surface area contributed by atoms with E-state index in [9.17, 15) is 0 Å². The summed E-state index contributed by atoms with van der Waals surface area (Å²) in [6.45, 7) is 8.70. The van der Waals surface area contributed by atoms with Crippen molar-refractivity contribution >= 4 is 44.9 Å². The van der Waals surface area contributed by atoms with Gasteiger partial charge in [-0.3, -0.25) is 0 Å². The molecule has 1 aliphatic rings. The van der Waals surface area contributed by atoms with Crippen molar-refractivity contribution in [2.24, 2.45) is 0 Å². The van der Waals surface area contributed by atoms with E-state index < -0.39 is 0 Å². The zero-order chi connectivity index (χ0) is 37.1. The van der Waals surface area contributed by atoms with Gasteiger partial charge in [0.1, 0.15) is 0 Å². The minimum Gasteiger partial charge on any atom is -0.310 e. The first-order valence-electron chi connectivity index (χ1n) is 19.0. The number of hydrogen-bond donors (Lipinski definition) is 0. The highest BCUT2D eigenvalue weighted by Gasteiger charge is 2.35. The van der Waals surface area contributed by atoms with Gasteiger partial charge in [-0.15, -0.1) is 0 Å². The van der Waals surface area contributed by atoms with E-state index in [2.05, 4.69) is 218 Å². The molecule has 2 heteroatoms. The van der Waals surface area contributed by atoms with Crippen molar-refractivity contribution in [3.8, 4) is 39.1 Å². The van der Waals surface area contributed by atoms with Crippen molar-refractivity contribution < 1.29 is 0 Å². The van der Waals surface area contributed by atoms with Crippen molar-refractivity contribution in [3.05, 3.63) is 211 Å². The molecule has 8 aromatic carbocycles. The lowest BCUT2D eigenvalue weighted by atomic mass is 9.82. The van der Waals surface area contributed by atoms with Crippen LogP contribution in [0.2, 0.25) is 0 Å². The lowest BCUT2D eigenvalue weighted by molar-refractivity contribution is 0.660. The van der Waals surface area contributed by atoms with Crippen LogP contribution in [0.4, 0.5) is 17.1 Å². The van der Waals surface area contributed by atoms with E-state index in [1.165, 1.54) is 66.3 Å². The summed E-state index contributed by atoms with van der Waals surface area (Å²) in [5.41, 5.74) is 18.1. The molecule has 0 saturated heterocycles. The molecule has 0 fully saturated rings. The van der Waals surface area contributed by atoms with Crippen LogP contribution in [0, 0.1) is 0 Å². The van der Waals surface area contributed by atoms with Crippen LogP contribution in [0.25, 0.3) is 66.9 Å². The Labute approximate surface area is 322 Å². The first-order valence-corrected chi connectivity index (χ1v) is 19.0. The maximum atomic E-state index is 4.00. The fourth-order valence-corrected chi connectivity index (χ4v) is 8.74. The maximum absolute atomic E-state index is 4.00. The minimum atomic E-state index is -0.0924. The molecule has 9 aromatic rings. The summed E-state index contributed by atoms with van der Waals surface area (Å²) < 4.78 is 2.36. The van der Waals surface area contributed by atoms with Gasteiger partial charge in [-0.1, -0.05) is 148 Å². The van der Waals surface area contributed by atoms with Gasteiger partial charge in [-0.2, -0.15) is 0 Å². The molecular formula is C53H40N2. The van der Waals surface area contributed by atoms with E-state index in [1.54, 1.807) is 0 Å². The number of anilines is 3. The number of hydrogen-bond acceptors (Lipinski definition) is 1. The average Bonchev–Trinajstić information content (AvgIpc) is 3.69. The zero-order valence-corrected chi connectivity index (χ0v) is 31.1. The van der Waals surface area contributed by atoms with Crippen LogP contribution in [0.1, 0.15) is 30.5 Å². The first kappa shape index (κ1) is 32.7. The number of benzene rings is 8. The molecular weight excluding hydrogens is 665 g/mol. The SMILES string of the molecule is C=Cc1cccc(-n2c3ccccc3c3cc(-c4ccc(N(c5ccc(-c6ccccc6)cc5)c5ccc6c(c5)C(C)(C)c5ccccc5-6)cc4)ccc32)c1. The molecule has 2 nitrogen and oxygen atoms in total. The van der Waals surface area contributed by atoms with Crippen LogP contribution in [0.5, 0.6) is 0 Å². The third kappa shape index (κ3) is 5.41. The Kier molecular flexibility index (Phi) is 7.67. The van der Waals surface area contributed by atoms with E-state index in [0.717, 1.165) is 28.3 Å². The topological polar surface area (TPSA) is 8.17 Å². The van der Waals surface area contributed by atoms with E-state index in [-0.39, 0.29) is 5.41 Å². The van der Waals surface area contributed by atoms with Crippen LogP contribution in [0.15, 0.2) is 195 Å². The summed E-state index contributed by atoms with van der Waals surface area (Å²) in [6, 6.07) is 68.6. The van der Waals surface area contributed by atoms with Crippen LogP contribution in [-0.2, 0) is 5.41 Å². The summed E-state index contributed by atoms with van der Waals surface area (Å²) in [6.07, 6.45) is 1.91. The molecule has 1 heterocycles. The Hall–Kier alpha value is -6.90. The lowest BCUT2D eigenvalue weighted by Gasteiger charge is -2.28. The van der Waals surface area contributed by atoms with Crippen LogP contribution in [0.3, 0.4) is 0 Å². The highest BCUT2D eigenvalue weighted by molar-refractivity contribution is 6.10. The van der Waals surface area contributed by atoms with E-state index in [4.69, 9.17) is 0 Å². The van der Waals surface area contributed by atoms with E-state index >= 15 is 0 Å². The van der Waals surface area contributed by atoms with Crippen molar-refractivity contribution in [1.82, 2.24) is 4.57 Å². The molecule has 1 aromatic heterocycles. The average molecular weight is 705 g/mol. The van der Waals surface area contributed by atoms with Crippen molar-refractivity contribution in [1.29, 1.82) is 0 Å². The number of para-hydroxylation sites is 1. The molecule has 1 aliphatic carbocycles. The standard InChI is InChI=1S/C53H40N2/c1-4-36-13-12-16-43(33-36)55-51-20-11-9-18-47(51)48-34-40(25-32-52(48)55)39-23-28-42(29-24-39)54(41-26-21-38(22-27-41)37-14-6-5-7-15-37)44-30-31-46-45-17-8-10-19-49(45)53(2,3)50(46)35-44/h4-35H,1H2,2-3H3. The number of fused-ring (bicyclic) bond motifs is 6. The van der Waals surface area contributed by atoms with Gasteiger partial charge in [-0.25, -0.2) is 0 Å². The predicted octanol–water partition coefficient (Wildman–Crippen LogP) is 14.5. The van der Waals surface area contributed by atoms with Gasteiger partial charge < -0.3 is 9.47 Å². The van der Waals surface area contributed by atoms with Crippen molar-refractivity contribution in [3.63, 3.8) is 0 Å². The van der Waals surface area contributed by atoms with Gasteiger partial charge in [0.15, 0.2) is 0 Å². The third-order valence-electron chi connectivity index (χ3n) is 11.6. The molecule has 0 amide bonds. The summed E-state index contributed by atoms with van der Waals surface area (Å²) >= 11 is 0. The number of rotatable bonds is 7. The van der Waals surface area contributed by atoms with Gasteiger partial charge in [-0.05, 0) is 117 Å². The van der Waals surface area contributed by atoms with Crippen LogP contribution in [-0.4, -0.2) is 4.57 Å². The van der Waals surface area contributed by atoms with Gasteiger partial charge in [0.2, 0.25) is 0 Å². The molecule has 262 valence electrons. The fourth-order valence-electron chi connectivity index (χ4n) is 8.74.